The molecular weight excluding hydrogens is 332 g/mol. The van der Waals surface area contributed by atoms with Gasteiger partial charge in [-0.3, -0.25) is 0 Å². The quantitative estimate of drug-likeness (QED) is 0.814. The molecule has 0 saturated carbocycles. The summed E-state index contributed by atoms with van der Waals surface area (Å²) >= 11 is 5.23. The number of aromatic nitrogens is 1. The molecule has 0 atom stereocenters. The Kier molecular flexibility index (Phi) is 6.07. The molecule has 0 aliphatic carbocycles. The lowest BCUT2D eigenvalue weighted by Crippen LogP contribution is -2.18. The second-order valence-corrected chi connectivity index (χ2v) is 6.98. The van der Waals surface area contributed by atoms with Gasteiger partial charge in [0.15, 0.2) is 0 Å². The summed E-state index contributed by atoms with van der Waals surface area (Å²) < 4.78 is 1.11. The van der Waals surface area contributed by atoms with Gasteiger partial charge in [0, 0.05) is 22.1 Å². The summed E-state index contributed by atoms with van der Waals surface area (Å²) in [6.07, 6.45) is 1.95. The van der Waals surface area contributed by atoms with E-state index < -0.39 is 0 Å². The lowest BCUT2D eigenvalue weighted by atomic mass is 10.2. The van der Waals surface area contributed by atoms with Crippen LogP contribution in [0.25, 0.3) is 0 Å². The molecular formula is C16H19BrN2S. The molecule has 0 saturated heterocycles. The first kappa shape index (κ1) is 15.5. The molecule has 1 N–H and O–H groups in total. The Morgan fingerprint density at radius 1 is 1.20 bits per heavy atom. The molecule has 4 heteroatoms. The van der Waals surface area contributed by atoms with Crippen LogP contribution in [0, 0.1) is 5.92 Å². The molecule has 0 aliphatic heterocycles. The third-order valence-corrected chi connectivity index (χ3v) is 4.71. The van der Waals surface area contributed by atoms with E-state index in [4.69, 9.17) is 0 Å². The van der Waals surface area contributed by atoms with Crippen molar-refractivity contribution in [3.05, 3.63) is 52.6 Å². The number of hydrogen-bond acceptors (Lipinski definition) is 3. The minimum atomic E-state index is 0.674. The van der Waals surface area contributed by atoms with Gasteiger partial charge < -0.3 is 5.32 Å². The average Bonchev–Trinajstić information content (AvgIpc) is 2.43. The highest BCUT2D eigenvalue weighted by Crippen LogP contribution is 2.31. The fourth-order valence-electron chi connectivity index (χ4n) is 1.72. The molecule has 2 nitrogen and oxygen atoms in total. The van der Waals surface area contributed by atoms with Crippen molar-refractivity contribution in [3.63, 3.8) is 0 Å². The molecule has 0 aliphatic rings. The maximum absolute atomic E-state index is 4.51. The fourth-order valence-corrected chi connectivity index (χ4v) is 3.03. The van der Waals surface area contributed by atoms with Gasteiger partial charge in [0.05, 0.1) is 0 Å². The average molecular weight is 351 g/mol. The van der Waals surface area contributed by atoms with Crippen LogP contribution >= 0.6 is 27.7 Å². The standard InChI is InChI=1S/C16H19BrN2S/c1-12(2)9-18-10-13-7-8-16(19-11-13)20-15-6-4-3-5-14(15)17/h3-8,11-12,18H,9-10H2,1-2H3. The lowest BCUT2D eigenvalue weighted by molar-refractivity contribution is 0.551. The summed E-state index contributed by atoms with van der Waals surface area (Å²) in [5, 5.41) is 4.44. The maximum atomic E-state index is 4.51. The van der Waals surface area contributed by atoms with E-state index in [-0.39, 0.29) is 0 Å². The van der Waals surface area contributed by atoms with E-state index in [9.17, 15) is 0 Å². The summed E-state index contributed by atoms with van der Waals surface area (Å²) in [6.45, 7) is 6.34. The molecule has 1 aromatic carbocycles. The Morgan fingerprint density at radius 3 is 2.65 bits per heavy atom. The van der Waals surface area contributed by atoms with Gasteiger partial charge in [-0.25, -0.2) is 4.98 Å². The Labute approximate surface area is 133 Å². The third-order valence-electron chi connectivity index (χ3n) is 2.73. The summed E-state index contributed by atoms with van der Waals surface area (Å²) in [4.78, 5) is 5.70. The maximum Gasteiger partial charge on any atom is 0.101 e. The van der Waals surface area contributed by atoms with Gasteiger partial charge in [-0.05, 0) is 52.2 Å². The monoisotopic (exact) mass is 350 g/mol. The molecule has 20 heavy (non-hydrogen) atoms. The van der Waals surface area contributed by atoms with Crippen LogP contribution in [0.4, 0.5) is 0 Å². The first-order valence-corrected chi connectivity index (χ1v) is 8.34. The zero-order valence-electron chi connectivity index (χ0n) is 11.8. The summed E-state index contributed by atoms with van der Waals surface area (Å²) in [6, 6.07) is 12.4. The van der Waals surface area contributed by atoms with Crippen molar-refractivity contribution < 1.29 is 0 Å². The first-order chi connectivity index (χ1) is 9.65. The third kappa shape index (κ3) is 4.93. The molecule has 2 rings (SSSR count). The van der Waals surface area contributed by atoms with Crippen molar-refractivity contribution in [1.29, 1.82) is 0 Å². The van der Waals surface area contributed by atoms with E-state index in [2.05, 4.69) is 58.3 Å². The first-order valence-electron chi connectivity index (χ1n) is 6.73. The van der Waals surface area contributed by atoms with Gasteiger partial charge in [0.25, 0.3) is 0 Å². The molecule has 0 bridgehead atoms. The molecule has 2 aromatic rings. The molecule has 0 spiro atoms. The predicted octanol–water partition coefficient (Wildman–Crippen LogP) is 4.74. The Hall–Kier alpha value is -0.840. The van der Waals surface area contributed by atoms with Gasteiger partial charge in [-0.1, -0.05) is 43.8 Å². The van der Waals surface area contributed by atoms with E-state index in [0.29, 0.717) is 5.92 Å². The van der Waals surface area contributed by atoms with Crippen LogP contribution in [0.5, 0.6) is 0 Å². The summed E-state index contributed by atoms with van der Waals surface area (Å²) in [5.74, 6) is 0.674. The van der Waals surface area contributed by atoms with Crippen molar-refractivity contribution in [2.75, 3.05) is 6.54 Å². The number of nitrogens with zero attached hydrogens (tertiary/aromatic N) is 1. The van der Waals surface area contributed by atoms with Crippen LogP contribution in [0.3, 0.4) is 0 Å². The van der Waals surface area contributed by atoms with Gasteiger partial charge in [0.2, 0.25) is 0 Å². The number of benzene rings is 1. The summed E-state index contributed by atoms with van der Waals surface area (Å²) in [7, 11) is 0. The van der Waals surface area contributed by atoms with E-state index in [0.717, 1.165) is 22.6 Å². The number of halogens is 1. The van der Waals surface area contributed by atoms with E-state index >= 15 is 0 Å². The van der Waals surface area contributed by atoms with Gasteiger partial charge >= 0.3 is 0 Å². The number of nitrogens with one attached hydrogen (secondary N) is 1. The van der Waals surface area contributed by atoms with Crippen LogP contribution in [0.15, 0.2) is 57.0 Å². The highest BCUT2D eigenvalue weighted by Gasteiger charge is 2.03. The SMILES string of the molecule is CC(C)CNCc1ccc(Sc2ccccc2Br)nc1. The predicted molar refractivity (Wildman–Crippen MR) is 89.0 cm³/mol. The van der Waals surface area contributed by atoms with Crippen LogP contribution in [-0.4, -0.2) is 11.5 Å². The zero-order chi connectivity index (χ0) is 14.4. The highest BCUT2D eigenvalue weighted by atomic mass is 79.9. The second-order valence-electron chi connectivity index (χ2n) is 5.06. The Bertz CT molecular complexity index is 540. The van der Waals surface area contributed by atoms with Crippen molar-refractivity contribution in [2.45, 2.75) is 30.3 Å². The lowest BCUT2D eigenvalue weighted by Gasteiger charge is -2.08. The molecule has 106 valence electrons. The van der Waals surface area contributed by atoms with Crippen molar-refractivity contribution in [1.82, 2.24) is 10.3 Å². The molecule has 1 heterocycles. The van der Waals surface area contributed by atoms with Crippen LogP contribution in [-0.2, 0) is 6.54 Å². The largest absolute Gasteiger partial charge is 0.312 e. The number of hydrogen-bond donors (Lipinski definition) is 1. The van der Waals surface area contributed by atoms with E-state index in [1.54, 1.807) is 11.8 Å². The van der Waals surface area contributed by atoms with Crippen LogP contribution in [0.1, 0.15) is 19.4 Å². The summed E-state index contributed by atoms with van der Waals surface area (Å²) in [5.41, 5.74) is 1.22. The second kappa shape index (κ2) is 7.81. The molecule has 1 aromatic heterocycles. The van der Waals surface area contributed by atoms with Crippen molar-refractivity contribution in [3.8, 4) is 0 Å². The molecule has 0 radical (unpaired) electrons. The van der Waals surface area contributed by atoms with Gasteiger partial charge in [-0.2, -0.15) is 0 Å². The Morgan fingerprint density at radius 2 is 2.00 bits per heavy atom. The topological polar surface area (TPSA) is 24.9 Å². The fraction of sp³-hybridized carbons (Fsp3) is 0.312. The van der Waals surface area contributed by atoms with Crippen LogP contribution in [0.2, 0.25) is 0 Å². The highest BCUT2D eigenvalue weighted by molar-refractivity contribution is 9.10. The van der Waals surface area contributed by atoms with Gasteiger partial charge in [-0.15, -0.1) is 0 Å². The van der Waals surface area contributed by atoms with Gasteiger partial charge in [0.1, 0.15) is 5.03 Å². The number of rotatable bonds is 6. The van der Waals surface area contributed by atoms with Crippen LogP contribution < -0.4 is 5.32 Å². The van der Waals surface area contributed by atoms with Crippen molar-refractivity contribution >= 4 is 27.7 Å². The van der Waals surface area contributed by atoms with E-state index in [1.165, 1.54) is 10.5 Å². The molecule has 0 amide bonds. The van der Waals surface area contributed by atoms with E-state index in [1.807, 2.05) is 24.4 Å². The minimum Gasteiger partial charge on any atom is -0.312 e. The molecule has 0 unspecified atom stereocenters. The van der Waals surface area contributed by atoms with Crippen molar-refractivity contribution in [2.24, 2.45) is 5.92 Å². The smallest absolute Gasteiger partial charge is 0.101 e. The zero-order valence-corrected chi connectivity index (χ0v) is 14.2. The molecule has 0 fully saturated rings. The Balaban J connectivity index is 1.93. The normalized spacial score (nSPS) is 11.0. The number of pyridine rings is 1. The minimum absolute atomic E-state index is 0.674.